The minimum Gasteiger partial charge on any atom is -0.464 e. The van der Waals surface area contributed by atoms with E-state index in [1.165, 1.54) is 0 Å². The minimum atomic E-state index is -0.461. The maximum atomic E-state index is 12.3. The van der Waals surface area contributed by atoms with Gasteiger partial charge in [0.15, 0.2) is 0 Å². The van der Waals surface area contributed by atoms with Gasteiger partial charge in [-0.1, -0.05) is 34.1 Å². The third-order valence-electron chi connectivity index (χ3n) is 5.91. The Morgan fingerprint density at radius 1 is 1.13 bits per heavy atom. The quantitative estimate of drug-likeness (QED) is 0.362. The van der Waals surface area contributed by atoms with E-state index < -0.39 is 6.23 Å². The van der Waals surface area contributed by atoms with Gasteiger partial charge in [0.1, 0.15) is 17.2 Å². The lowest BCUT2D eigenvalue weighted by atomic mass is 9.97. The molecular weight excluding hydrogens is 458 g/mol. The fourth-order valence-corrected chi connectivity index (χ4v) is 4.90. The molecule has 0 bridgehead atoms. The zero-order chi connectivity index (χ0) is 21.1. The first-order valence-electron chi connectivity index (χ1n) is 10.1. The second kappa shape index (κ2) is 6.85. The highest BCUT2D eigenvalue weighted by molar-refractivity contribution is 9.10. The SMILES string of the molecule is CC(=O)n1cc([C@@H]2Oc3ccc(Br)cc3[C@H]3CC(c4ccco4)=NN32)c2ccccc21. The van der Waals surface area contributed by atoms with Gasteiger partial charge in [-0.25, -0.2) is 5.01 Å². The minimum absolute atomic E-state index is 0.00536. The van der Waals surface area contributed by atoms with Gasteiger partial charge in [0.05, 0.1) is 17.8 Å². The number of fused-ring (bicyclic) bond motifs is 4. The molecule has 0 saturated heterocycles. The number of furan rings is 1. The molecule has 0 spiro atoms. The maximum absolute atomic E-state index is 12.3. The topological polar surface area (TPSA) is 60.0 Å². The van der Waals surface area contributed by atoms with Gasteiger partial charge in [-0.2, -0.15) is 5.10 Å². The molecule has 4 heterocycles. The van der Waals surface area contributed by atoms with E-state index in [4.69, 9.17) is 14.3 Å². The van der Waals surface area contributed by atoms with E-state index >= 15 is 0 Å². The second-order valence-electron chi connectivity index (χ2n) is 7.77. The van der Waals surface area contributed by atoms with Crippen molar-refractivity contribution in [3.05, 3.63) is 88.4 Å². The van der Waals surface area contributed by atoms with E-state index in [0.29, 0.717) is 6.42 Å². The summed E-state index contributed by atoms with van der Waals surface area (Å²) in [5.74, 6) is 1.54. The third kappa shape index (κ3) is 2.84. The van der Waals surface area contributed by atoms with Crippen molar-refractivity contribution in [2.24, 2.45) is 5.10 Å². The number of hydrogen-bond donors (Lipinski definition) is 0. The fraction of sp³-hybridized carbons (Fsp3) is 0.167. The lowest BCUT2D eigenvalue weighted by molar-refractivity contribution is -0.0181. The van der Waals surface area contributed by atoms with Crippen LogP contribution in [0.2, 0.25) is 0 Å². The number of rotatable bonds is 2. The molecule has 6 rings (SSSR count). The molecule has 6 nitrogen and oxygen atoms in total. The lowest BCUT2D eigenvalue weighted by Crippen LogP contribution is -2.33. The van der Waals surface area contributed by atoms with Crippen LogP contribution in [-0.4, -0.2) is 21.2 Å². The van der Waals surface area contributed by atoms with Crippen molar-refractivity contribution in [2.45, 2.75) is 25.6 Å². The molecule has 0 unspecified atom stereocenters. The molecule has 2 aromatic heterocycles. The molecule has 0 N–H and O–H groups in total. The molecule has 31 heavy (non-hydrogen) atoms. The number of benzene rings is 2. The van der Waals surface area contributed by atoms with E-state index in [2.05, 4.69) is 22.0 Å². The van der Waals surface area contributed by atoms with Crippen LogP contribution in [-0.2, 0) is 0 Å². The van der Waals surface area contributed by atoms with Gasteiger partial charge in [0.2, 0.25) is 12.1 Å². The average molecular weight is 476 g/mol. The van der Waals surface area contributed by atoms with Gasteiger partial charge >= 0.3 is 0 Å². The highest BCUT2D eigenvalue weighted by Crippen LogP contribution is 2.49. The Morgan fingerprint density at radius 3 is 2.81 bits per heavy atom. The summed E-state index contributed by atoms with van der Waals surface area (Å²) in [7, 11) is 0. The van der Waals surface area contributed by atoms with Crippen LogP contribution in [0.1, 0.15) is 47.3 Å². The number of nitrogens with zero attached hydrogens (tertiary/aromatic N) is 3. The van der Waals surface area contributed by atoms with Crippen molar-refractivity contribution in [3.8, 4) is 5.75 Å². The van der Waals surface area contributed by atoms with E-state index in [9.17, 15) is 4.79 Å². The van der Waals surface area contributed by atoms with Crippen molar-refractivity contribution in [2.75, 3.05) is 0 Å². The number of aromatic nitrogens is 1. The van der Waals surface area contributed by atoms with Gasteiger partial charge in [0, 0.05) is 40.5 Å². The summed E-state index contributed by atoms with van der Waals surface area (Å²) in [4.78, 5) is 12.3. The van der Waals surface area contributed by atoms with Crippen LogP contribution >= 0.6 is 15.9 Å². The molecule has 2 atom stereocenters. The standard InChI is InChI=1S/C24H18BrN3O3/c1-14(29)27-13-18(16-5-2-3-6-20(16)27)24-28-21(12-19(26-28)23-7-4-10-30-23)17-11-15(25)8-9-22(17)31-24/h2-11,13,21,24H,12H2,1H3/t21-,24+/m1/s1. The Morgan fingerprint density at radius 2 is 2.00 bits per heavy atom. The van der Waals surface area contributed by atoms with Crippen LogP contribution in [0.25, 0.3) is 10.9 Å². The Labute approximate surface area is 186 Å². The zero-order valence-corrected chi connectivity index (χ0v) is 18.2. The van der Waals surface area contributed by atoms with Crippen molar-refractivity contribution in [1.82, 2.24) is 9.58 Å². The number of ether oxygens (including phenoxy) is 1. The second-order valence-corrected chi connectivity index (χ2v) is 8.68. The molecule has 2 aliphatic heterocycles. The first-order valence-corrected chi connectivity index (χ1v) is 10.9. The normalized spacial score (nSPS) is 19.7. The molecule has 154 valence electrons. The molecule has 0 fully saturated rings. The number of hydrogen-bond acceptors (Lipinski definition) is 5. The van der Waals surface area contributed by atoms with Gasteiger partial charge in [-0.05, 0) is 36.4 Å². The molecule has 4 aromatic rings. The van der Waals surface area contributed by atoms with Gasteiger partial charge in [-0.15, -0.1) is 0 Å². The van der Waals surface area contributed by atoms with Crippen molar-refractivity contribution in [3.63, 3.8) is 0 Å². The molecular formula is C24H18BrN3O3. The van der Waals surface area contributed by atoms with E-state index in [1.807, 2.05) is 59.7 Å². The van der Waals surface area contributed by atoms with Crippen LogP contribution in [0.5, 0.6) is 5.75 Å². The molecule has 0 amide bonds. The number of carbonyl (C=O) groups excluding carboxylic acids is 1. The van der Waals surface area contributed by atoms with Gasteiger partial charge in [-0.3, -0.25) is 9.36 Å². The van der Waals surface area contributed by atoms with Crippen LogP contribution in [0.15, 0.2) is 81.0 Å². The number of carbonyl (C=O) groups is 1. The fourth-order valence-electron chi connectivity index (χ4n) is 4.52. The highest BCUT2D eigenvalue weighted by atomic mass is 79.9. The van der Waals surface area contributed by atoms with Gasteiger partial charge in [0.25, 0.3) is 0 Å². The first kappa shape index (κ1) is 18.4. The van der Waals surface area contributed by atoms with Crippen LogP contribution < -0.4 is 4.74 Å². The van der Waals surface area contributed by atoms with Crippen molar-refractivity contribution in [1.29, 1.82) is 0 Å². The molecule has 0 radical (unpaired) electrons. The third-order valence-corrected chi connectivity index (χ3v) is 6.40. The Hall–Kier alpha value is -3.32. The van der Waals surface area contributed by atoms with Gasteiger partial charge < -0.3 is 9.15 Å². The predicted molar refractivity (Wildman–Crippen MR) is 120 cm³/mol. The molecule has 2 aliphatic rings. The smallest absolute Gasteiger partial charge is 0.227 e. The van der Waals surface area contributed by atoms with Crippen molar-refractivity contribution >= 4 is 38.5 Å². The molecule has 7 heteroatoms. The number of hydrazone groups is 1. The number of halogens is 1. The lowest BCUT2D eigenvalue weighted by Gasteiger charge is -2.38. The summed E-state index contributed by atoms with van der Waals surface area (Å²) in [5.41, 5.74) is 3.73. The summed E-state index contributed by atoms with van der Waals surface area (Å²) >= 11 is 3.58. The van der Waals surface area contributed by atoms with Crippen LogP contribution in [0, 0.1) is 0 Å². The summed E-state index contributed by atoms with van der Waals surface area (Å²) in [5, 5.41) is 7.90. The zero-order valence-electron chi connectivity index (χ0n) is 16.7. The molecule has 0 saturated carbocycles. The molecule has 2 aromatic carbocycles. The van der Waals surface area contributed by atoms with Crippen LogP contribution in [0.3, 0.4) is 0 Å². The van der Waals surface area contributed by atoms with Crippen molar-refractivity contribution < 1.29 is 13.9 Å². The summed E-state index contributed by atoms with van der Waals surface area (Å²) < 4.78 is 14.8. The van der Waals surface area contributed by atoms with Crippen LogP contribution in [0.4, 0.5) is 0 Å². The Kier molecular flexibility index (Phi) is 4.08. The Bertz CT molecular complexity index is 1360. The Balaban J connectivity index is 1.54. The summed E-state index contributed by atoms with van der Waals surface area (Å²) in [6.07, 6.45) is 3.78. The summed E-state index contributed by atoms with van der Waals surface area (Å²) in [6.45, 7) is 1.57. The predicted octanol–water partition coefficient (Wildman–Crippen LogP) is 5.90. The monoisotopic (exact) mass is 475 g/mol. The summed E-state index contributed by atoms with van der Waals surface area (Å²) in [6, 6.07) is 17.7. The number of para-hydroxylation sites is 1. The maximum Gasteiger partial charge on any atom is 0.227 e. The largest absolute Gasteiger partial charge is 0.464 e. The van der Waals surface area contributed by atoms with E-state index in [-0.39, 0.29) is 11.9 Å². The van der Waals surface area contributed by atoms with E-state index in [0.717, 1.165) is 43.7 Å². The first-order chi connectivity index (χ1) is 15.1. The highest BCUT2D eigenvalue weighted by Gasteiger charge is 2.42. The average Bonchev–Trinajstić information content (AvgIpc) is 3.50. The molecule has 0 aliphatic carbocycles. The van der Waals surface area contributed by atoms with E-state index in [1.54, 1.807) is 17.8 Å².